The van der Waals surface area contributed by atoms with Gasteiger partial charge in [0.15, 0.2) is 23.1 Å². The number of methoxy groups -OCH3 is 3. The molecule has 0 saturated heterocycles. The quantitative estimate of drug-likeness (QED) is 0.406. The van der Waals surface area contributed by atoms with E-state index in [0.717, 1.165) is 0 Å². The first-order chi connectivity index (χ1) is 15.6. The minimum Gasteiger partial charge on any atom is -0.496 e. The second kappa shape index (κ2) is 11.5. The molecule has 2 aromatic rings. The van der Waals surface area contributed by atoms with Crippen molar-refractivity contribution in [3.8, 4) is 17.2 Å². The van der Waals surface area contributed by atoms with Gasteiger partial charge in [-0.25, -0.2) is 18.1 Å². The first kappa shape index (κ1) is 25.9. The van der Waals surface area contributed by atoms with Gasteiger partial charge in [-0.15, -0.1) is 0 Å². The maximum Gasteiger partial charge on any atom is 0.307 e. The summed E-state index contributed by atoms with van der Waals surface area (Å²) in [4.78, 5) is 27.8. The zero-order valence-corrected chi connectivity index (χ0v) is 19.9. The van der Waals surface area contributed by atoms with Gasteiger partial charge >= 0.3 is 5.97 Å². The third-order valence-electron chi connectivity index (χ3n) is 4.61. The van der Waals surface area contributed by atoms with E-state index in [-0.39, 0.29) is 24.5 Å². The molecule has 0 spiro atoms. The fourth-order valence-electron chi connectivity index (χ4n) is 2.71. The Kier molecular flexibility index (Phi) is 9.05. The molecule has 1 aromatic carbocycles. The van der Waals surface area contributed by atoms with Crippen LogP contribution in [0.15, 0.2) is 23.4 Å². The van der Waals surface area contributed by atoms with Crippen molar-refractivity contribution in [3.63, 3.8) is 0 Å². The highest BCUT2D eigenvalue weighted by Crippen LogP contribution is 2.34. The highest BCUT2D eigenvalue weighted by atomic mass is 32.2. The highest BCUT2D eigenvalue weighted by Gasteiger charge is 2.19. The molecule has 0 bridgehead atoms. The van der Waals surface area contributed by atoms with Gasteiger partial charge in [-0.1, -0.05) is 0 Å². The molecule has 1 aromatic heterocycles. The Morgan fingerprint density at radius 3 is 2.27 bits per heavy atom. The van der Waals surface area contributed by atoms with Gasteiger partial charge in [0.1, 0.15) is 11.6 Å². The van der Waals surface area contributed by atoms with E-state index in [4.69, 9.17) is 18.9 Å². The van der Waals surface area contributed by atoms with Gasteiger partial charge in [0.25, 0.3) is 15.9 Å². The Morgan fingerprint density at radius 2 is 1.70 bits per heavy atom. The average molecular weight is 485 g/mol. The van der Waals surface area contributed by atoms with E-state index >= 15 is 0 Å². The van der Waals surface area contributed by atoms with Crippen LogP contribution in [0.3, 0.4) is 0 Å². The standard InChI is InChI=1S/C20H28N4O8S/c1-13-23-19(11-24(13)2)33(27,28)22-7-6-20(26)32-12-18(25)21-10-14-8-16(30-4)17(31-5)9-15(14)29-3/h8-9,11,22H,6-7,10,12H2,1-5H3,(H,21,25). The van der Waals surface area contributed by atoms with E-state index in [1.165, 1.54) is 27.5 Å². The molecule has 0 aliphatic carbocycles. The third-order valence-corrected chi connectivity index (χ3v) is 5.94. The molecule has 1 amide bonds. The minimum absolute atomic E-state index is 0.100. The predicted octanol–water partition coefficient (Wildman–Crippen LogP) is 0.282. The lowest BCUT2D eigenvalue weighted by molar-refractivity contribution is -0.148. The number of sulfonamides is 1. The summed E-state index contributed by atoms with van der Waals surface area (Å²) in [7, 11) is 2.30. The van der Waals surface area contributed by atoms with Gasteiger partial charge in [0, 0.05) is 38.0 Å². The molecule has 1 heterocycles. The number of ether oxygens (including phenoxy) is 4. The maximum absolute atomic E-state index is 12.2. The number of carbonyl (C=O) groups excluding carboxylic acids is 2. The normalized spacial score (nSPS) is 11.1. The smallest absolute Gasteiger partial charge is 0.307 e. The summed E-state index contributed by atoms with van der Waals surface area (Å²) in [5.74, 6) is 0.703. The molecular formula is C20H28N4O8S. The van der Waals surface area contributed by atoms with Crippen LogP contribution in [0.1, 0.15) is 17.8 Å². The van der Waals surface area contributed by atoms with E-state index in [0.29, 0.717) is 28.6 Å². The van der Waals surface area contributed by atoms with Crippen molar-refractivity contribution in [2.45, 2.75) is 24.9 Å². The lowest BCUT2D eigenvalue weighted by Crippen LogP contribution is -2.30. The summed E-state index contributed by atoms with van der Waals surface area (Å²) >= 11 is 0. The fraction of sp³-hybridized carbons (Fsp3) is 0.450. The van der Waals surface area contributed by atoms with Gasteiger partial charge < -0.3 is 28.8 Å². The monoisotopic (exact) mass is 484 g/mol. The maximum atomic E-state index is 12.2. The number of benzene rings is 1. The molecule has 0 fully saturated rings. The van der Waals surface area contributed by atoms with Crippen LogP contribution < -0.4 is 24.2 Å². The Morgan fingerprint density at radius 1 is 1.06 bits per heavy atom. The largest absolute Gasteiger partial charge is 0.496 e. The molecule has 0 atom stereocenters. The summed E-state index contributed by atoms with van der Waals surface area (Å²) in [6.45, 7) is 1.06. The number of nitrogens with zero attached hydrogens (tertiary/aromatic N) is 2. The molecule has 0 saturated carbocycles. The average Bonchev–Trinajstić information content (AvgIpc) is 3.14. The number of imidazole rings is 1. The first-order valence-corrected chi connectivity index (χ1v) is 11.3. The Bertz CT molecular complexity index is 1080. The van der Waals surface area contributed by atoms with Crippen molar-refractivity contribution in [2.75, 3.05) is 34.5 Å². The fourth-order valence-corrected chi connectivity index (χ4v) is 3.78. The van der Waals surface area contributed by atoms with Gasteiger partial charge in [-0.3, -0.25) is 9.59 Å². The van der Waals surface area contributed by atoms with E-state index in [2.05, 4.69) is 15.0 Å². The van der Waals surface area contributed by atoms with E-state index in [1.54, 1.807) is 30.7 Å². The zero-order valence-electron chi connectivity index (χ0n) is 19.1. The number of aromatic nitrogens is 2. The van der Waals surface area contributed by atoms with Crippen molar-refractivity contribution in [3.05, 3.63) is 29.7 Å². The molecule has 0 radical (unpaired) electrons. The topological polar surface area (TPSA) is 147 Å². The first-order valence-electron chi connectivity index (χ1n) is 9.82. The Labute approximate surface area is 192 Å². The van der Waals surface area contributed by atoms with Crippen molar-refractivity contribution in [1.29, 1.82) is 0 Å². The Hall–Kier alpha value is -3.32. The van der Waals surface area contributed by atoms with Crippen LogP contribution in [0.5, 0.6) is 17.2 Å². The van der Waals surface area contributed by atoms with E-state index in [1.807, 2.05) is 0 Å². The molecule has 0 aliphatic rings. The lowest BCUT2D eigenvalue weighted by Gasteiger charge is -2.14. The molecule has 13 heteroatoms. The molecule has 2 N–H and O–H groups in total. The number of rotatable bonds is 12. The van der Waals surface area contributed by atoms with Crippen LogP contribution in [0, 0.1) is 6.92 Å². The van der Waals surface area contributed by atoms with Gasteiger partial charge in [0.2, 0.25) is 0 Å². The van der Waals surface area contributed by atoms with E-state index in [9.17, 15) is 18.0 Å². The number of hydrogen-bond donors (Lipinski definition) is 2. The summed E-state index contributed by atoms with van der Waals surface area (Å²) in [6, 6.07) is 3.30. The van der Waals surface area contributed by atoms with Crippen molar-refractivity contribution < 1.29 is 37.0 Å². The SMILES string of the molecule is COc1cc(OC)c(OC)cc1CNC(=O)COC(=O)CCNS(=O)(=O)c1cn(C)c(C)n1. The van der Waals surface area contributed by atoms with E-state index < -0.39 is 28.5 Å². The minimum atomic E-state index is -3.85. The second-order valence-corrected chi connectivity index (χ2v) is 8.56. The lowest BCUT2D eigenvalue weighted by atomic mass is 10.1. The number of aryl methyl sites for hydroxylation is 2. The number of amides is 1. The second-order valence-electron chi connectivity index (χ2n) is 6.84. The van der Waals surface area contributed by atoms with Gasteiger partial charge in [-0.05, 0) is 13.0 Å². The number of hydrogen-bond acceptors (Lipinski definition) is 9. The predicted molar refractivity (Wildman–Crippen MR) is 117 cm³/mol. The Balaban J connectivity index is 1.79. The zero-order chi connectivity index (χ0) is 24.6. The number of nitrogens with one attached hydrogen (secondary N) is 2. The third kappa shape index (κ3) is 7.08. The van der Waals surface area contributed by atoms with Crippen molar-refractivity contribution in [1.82, 2.24) is 19.6 Å². The molecule has 12 nitrogen and oxygen atoms in total. The van der Waals surface area contributed by atoms with Gasteiger partial charge in [0.05, 0.1) is 27.8 Å². The number of carbonyl (C=O) groups is 2. The van der Waals surface area contributed by atoms with Crippen LogP contribution >= 0.6 is 0 Å². The summed E-state index contributed by atoms with van der Waals surface area (Å²) in [5, 5.41) is 2.47. The van der Waals surface area contributed by atoms with Crippen molar-refractivity contribution >= 4 is 21.9 Å². The molecule has 2 rings (SSSR count). The number of esters is 1. The van der Waals surface area contributed by atoms with Crippen LogP contribution in [0.2, 0.25) is 0 Å². The highest BCUT2D eigenvalue weighted by molar-refractivity contribution is 7.89. The van der Waals surface area contributed by atoms with Crippen LogP contribution in [-0.2, 0) is 37.9 Å². The van der Waals surface area contributed by atoms with Crippen LogP contribution in [-0.4, -0.2) is 64.3 Å². The van der Waals surface area contributed by atoms with Gasteiger partial charge in [-0.2, -0.15) is 0 Å². The van der Waals surface area contributed by atoms with Crippen molar-refractivity contribution in [2.24, 2.45) is 7.05 Å². The molecule has 0 unspecified atom stereocenters. The molecule has 33 heavy (non-hydrogen) atoms. The summed E-state index contributed by atoms with van der Waals surface area (Å²) < 4.78 is 48.8. The molecule has 182 valence electrons. The molecule has 0 aliphatic heterocycles. The summed E-state index contributed by atoms with van der Waals surface area (Å²) in [5.41, 5.74) is 0.633. The van der Waals surface area contributed by atoms with Crippen LogP contribution in [0.25, 0.3) is 0 Å². The molecular weight excluding hydrogens is 456 g/mol. The summed E-state index contributed by atoms with van der Waals surface area (Å²) in [6.07, 6.45) is 1.12. The van der Waals surface area contributed by atoms with Crippen LogP contribution in [0.4, 0.5) is 0 Å².